The van der Waals surface area contributed by atoms with E-state index in [9.17, 15) is 48.9 Å². The Morgan fingerprint density at radius 1 is 0.739 bits per heavy atom. The molecule has 0 radical (unpaired) electrons. The van der Waals surface area contributed by atoms with Crippen LogP contribution in [-0.4, -0.2) is 99.9 Å². The number of carboxylic acid groups (broad SMARTS) is 1. The first-order valence-corrected chi connectivity index (χ1v) is 24.2. The fraction of sp³-hybridized carbons (Fsp3) is 0.453. The molecule has 69 heavy (non-hydrogen) atoms. The summed E-state index contributed by atoms with van der Waals surface area (Å²) in [4.78, 5) is 93.8. The summed E-state index contributed by atoms with van der Waals surface area (Å²) in [6.45, 7) is 5.25. The number of unbranched alkanes of at least 4 members (excludes halogenated alkanes) is 8. The van der Waals surface area contributed by atoms with E-state index in [0.29, 0.717) is 30.5 Å². The van der Waals surface area contributed by atoms with E-state index in [1.165, 1.54) is 108 Å². The molecule has 8 N–H and O–H groups in total. The van der Waals surface area contributed by atoms with Crippen molar-refractivity contribution in [3.8, 4) is 22.6 Å². The minimum Gasteiger partial charge on any atom is -0.507 e. The zero-order chi connectivity index (χ0) is 50.0. The number of hydrogen-bond donors (Lipinski definition) is 8. The van der Waals surface area contributed by atoms with Gasteiger partial charge in [0.2, 0.25) is 29.5 Å². The van der Waals surface area contributed by atoms with Gasteiger partial charge in [-0.3, -0.25) is 28.8 Å². The lowest BCUT2D eigenvalue weighted by molar-refractivity contribution is -0.144. The van der Waals surface area contributed by atoms with Crippen LogP contribution in [-0.2, 0) is 41.6 Å². The maximum atomic E-state index is 14.6. The molecule has 0 aliphatic carbocycles. The Morgan fingerprint density at radius 2 is 1.41 bits per heavy atom. The van der Waals surface area contributed by atoms with Gasteiger partial charge in [0.15, 0.2) is 0 Å². The van der Waals surface area contributed by atoms with Gasteiger partial charge in [-0.1, -0.05) is 88.3 Å². The lowest BCUT2D eigenvalue weighted by atomic mass is 9.93. The van der Waals surface area contributed by atoms with Crippen LogP contribution in [0.5, 0.6) is 11.5 Å². The van der Waals surface area contributed by atoms with E-state index in [4.69, 9.17) is 0 Å². The fourth-order valence-corrected chi connectivity index (χ4v) is 8.59. The molecule has 0 fully saturated rings. The molecule has 6 amide bonds. The molecule has 0 saturated carbocycles. The third-order valence-corrected chi connectivity index (χ3v) is 12.5. The normalized spacial score (nSPS) is 16.3. The number of benzene rings is 4. The van der Waals surface area contributed by atoms with Gasteiger partial charge in [-0.25, -0.2) is 4.79 Å². The molecule has 5 rings (SSSR count). The first kappa shape index (κ1) is 53.0. The van der Waals surface area contributed by atoms with Gasteiger partial charge in [0.05, 0.1) is 0 Å². The molecule has 370 valence electrons. The standard InChI is InChI=1S/C53H68N6O10/c1-5-6-7-8-9-10-11-12-15-35-17-19-38-31-40(21-20-37(38)28-35)50(65)55-27-25-47(63)57-43(16-13-14-26-54-34(3)60)52(67)59(4)48-39-22-24-46(62)42(32-39)41-29-36(18-23-45(41)61)30-44(53(68)69)58-49(64)33(2)56-51(48)66/h17-24,28-29,31-33,43-44,48,61-62H,5-16,25-27,30H2,1-4H3,(H,54,60)(H,55,65)(H,56,66)(H,57,63)(H,58,64)(H,68,69)/t33-,43-,44-,48-/m0/s1. The van der Waals surface area contributed by atoms with E-state index in [-0.39, 0.29) is 65.8 Å². The number of aryl methyl sites for hydroxylation is 1. The van der Waals surface area contributed by atoms with Crippen molar-refractivity contribution in [3.05, 3.63) is 95.1 Å². The molecular weight excluding hydrogens is 881 g/mol. The molecule has 4 aromatic rings. The number of phenols is 2. The molecular formula is C53H68N6O10. The zero-order valence-electron chi connectivity index (χ0n) is 40.2. The van der Waals surface area contributed by atoms with Crippen LogP contribution in [0.4, 0.5) is 0 Å². The minimum absolute atomic E-state index is 0.0441. The van der Waals surface area contributed by atoms with Gasteiger partial charge in [0.1, 0.15) is 35.7 Å². The van der Waals surface area contributed by atoms with Crippen LogP contribution in [0.25, 0.3) is 21.9 Å². The second-order valence-corrected chi connectivity index (χ2v) is 18.0. The van der Waals surface area contributed by atoms with Crippen molar-refractivity contribution in [2.75, 3.05) is 20.1 Å². The number of hydrogen-bond acceptors (Lipinski definition) is 9. The molecule has 0 saturated heterocycles. The summed E-state index contributed by atoms with van der Waals surface area (Å²) in [7, 11) is 1.35. The van der Waals surface area contributed by atoms with E-state index < -0.39 is 53.8 Å². The molecule has 4 atom stereocenters. The second kappa shape index (κ2) is 26.0. The van der Waals surface area contributed by atoms with Crippen LogP contribution in [0.2, 0.25) is 0 Å². The monoisotopic (exact) mass is 948 g/mol. The number of fused-ring (bicyclic) bond motifs is 6. The highest BCUT2D eigenvalue weighted by Gasteiger charge is 2.36. The Labute approximate surface area is 404 Å². The van der Waals surface area contributed by atoms with Crippen LogP contribution >= 0.6 is 0 Å². The number of carbonyl (C=O) groups is 7. The summed E-state index contributed by atoms with van der Waals surface area (Å²) in [5, 5.41) is 47.2. The predicted molar refractivity (Wildman–Crippen MR) is 263 cm³/mol. The van der Waals surface area contributed by atoms with Crippen LogP contribution in [0.3, 0.4) is 0 Å². The summed E-state index contributed by atoms with van der Waals surface area (Å²) in [5.41, 5.74) is 2.48. The van der Waals surface area contributed by atoms with Gasteiger partial charge >= 0.3 is 5.97 Å². The quantitative estimate of drug-likeness (QED) is 0.0407. The van der Waals surface area contributed by atoms with Crippen molar-refractivity contribution in [2.45, 2.75) is 135 Å². The highest BCUT2D eigenvalue weighted by atomic mass is 16.4. The maximum Gasteiger partial charge on any atom is 0.326 e. The van der Waals surface area contributed by atoms with E-state index >= 15 is 0 Å². The van der Waals surface area contributed by atoms with Gasteiger partial charge in [0.25, 0.3) is 5.91 Å². The van der Waals surface area contributed by atoms with Crippen molar-refractivity contribution in [2.24, 2.45) is 0 Å². The number of amides is 6. The van der Waals surface area contributed by atoms with Crippen molar-refractivity contribution in [3.63, 3.8) is 0 Å². The Morgan fingerprint density at radius 3 is 2.12 bits per heavy atom. The van der Waals surface area contributed by atoms with E-state index in [2.05, 4.69) is 45.6 Å². The van der Waals surface area contributed by atoms with Crippen LogP contribution < -0.4 is 26.6 Å². The van der Waals surface area contributed by atoms with Crippen LogP contribution in [0.15, 0.2) is 72.8 Å². The Kier molecular flexibility index (Phi) is 19.9. The Balaban J connectivity index is 1.29. The molecule has 4 bridgehead atoms. The van der Waals surface area contributed by atoms with Crippen LogP contribution in [0, 0.1) is 0 Å². The number of phenolic OH excluding ortho intramolecular Hbond substituents is 2. The maximum absolute atomic E-state index is 14.6. The van der Waals surface area contributed by atoms with Crippen LogP contribution in [0.1, 0.15) is 131 Å². The lowest BCUT2D eigenvalue weighted by Crippen LogP contribution is -2.54. The molecule has 16 heteroatoms. The molecule has 16 nitrogen and oxygen atoms in total. The number of nitrogens with zero attached hydrogens (tertiary/aromatic N) is 1. The summed E-state index contributed by atoms with van der Waals surface area (Å²) in [6.07, 6.45) is 11.7. The Bertz CT molecular complexity index is 2470. The number of carboxylic acids is 1. The molecule has 1 heterocycles. The molecule has 0 unspecified atom stereocenters. The van der Waals surface area contributed by atoms with Crippen molar-refractivity contribution >= 4 is 52.2 Å². The minimum atomic E-state index is -1.47. The topological polar surface area (TPSA) is 244 Å². The first-order chi connectivity index (χ1) is 33.1. The van der Waals surface area contributed by atoms with Crippen molar-refractivity contribution in [1.82, 2.24) is 31.5 Å². The number of aliphatic carboxylic acids is 1. The van der Waals surface area contributed by atoms with E-state index in [1.807, 2.05) is 18.2 Å². The molecule has 0 spiro atoms. The molecule has 4 aromatic carbocycles. The van der Waals surface area contributed by atoms with Gasteiger partial charge in [0, 0.05) is 56.6 Å². The fourth-order valence-electron chi connectivity index (χ4n) is 8.59. The first-order valence-electron chi connectivity index (χ1n) is 24.2. The predicted octanol–water partition coefficient (Wildman–Crippen LogP) is 6.34. The van der Waals surface area contributed by atoms with Gasteiger partial charge in [-0.05, 0) is 103 Å². The number of nitrogens with one attached hydrogen (secondary N) is 5. The number of carbonyl (C=O) groups excluding carboxylic acids is 6. The van der Waals surface area contributed by atoms with Gasteiger partial charge in [-0.2, -0.15) is 0 Å². The van der Waals surface area contributed by atoms with Gasteiger partial charge < -0.3 is 46.8 Å². The van der Waals surface area contributed by atoms with Gasteiger partial charge in [-0.15, -0.1) is 0 Å². The Hall–Kier alpha value is -6.97. The van der Waals surface area contributed by atoms with E-state index in [0.717, 1.165) is 28.5 Å². The van der Waals surface area contributed by atoms with Crippen molar-refractivity contribution < 1.29 is 48.9 Å². The number of aromatic hydroxyl groups is 2. The van der Waals surface area contributed by atoms with Crippen molar-refractivity contribution in [1.29, 1.82) is 0 Å². The highest BCUT2D eigenvalue weighted by molar-refractivity contribution is 5.99. The summed E-state index contributed by atoms with van der Waals surface area (Å²) in [6, 6.07) is 14.8. The number of likely N-dealkylation sites (N-methyl/N-ethyl adjacent to an activating group) is 1. The molecule has 0 aromatic heterocycles. The third-order valence-electron chi connectivity index (χ3n) is 12.5. The van der Waals surface area contributed by atoms with E-state index in [1.54, 1.807) is 6.07 Å². The SMILES string of the molecule is CCCCCCCCCCc1ccc2cc(C(=O)NCCC(=O)N[C@@H](CCCCNC(C)=O)C(=O)N(C)[C@@H]3C(=O)N[C@@H](C)C(=O)N[C@H](C(=O)O)Cc4ccc(O)c(c4)-c4cc3ccc4O)ccc2c1. The summed E-state index contributed by atoms with van der Waals surface area (Å²) >= 11 is 0. The average Bonchev–Trinajstić information content (AvgIpc) is 3.31. The zero-order valence-corrected chi connectivity index (χ0v) is 40.2. The largest absolute Gasteiger partial charge is 0.507 e. The molecule has 1 aliphatic rings. The third kappa shape index (κ3) is 15.5. The number of rotatable bonds is 22. The summed E-state index contributed by atoms with van der Waals surface area (Å²) < 4.78 is 0. The average molecular weight is 949 g/mol. The lowest BCUT2D eigenvalue weighted by Gasteiger charge is -2.32. The summed E-state index contributed by atoms with van der Waals surface area (Å²) in [5.74, 6) is -5.36. The molecule has 1 aliphatic heterocycles. The smallest absolute Gasteiger partial charge is 0.326 e. The highest BCUT2D eigenvalue weighted by Crippen LogP contribution is 2.39. The second-order valence-electron chi connectivity index (χ2n) is 18.0.